The van der Waals surface area contributed by atoms with E-state index in [4.69, 9.17) is 16.3 Å². The van der Waals surface area contributed by atoms with Crippen molar-refractivity contribution in [3.8, 4) is 5.88 Å². The minimum Gasteiger partial charge on any atom is -0.471 e. The van der Waals surface area contributed by atoms with Crippen molar-refractivity contribution in [2.75, 3.05) is 13.1 Å². The molecule has 0 saturated carbocycles. The van der Waals surface area contributed by atoms with Gasteiger partial charge in [-0.1, -0.05) is 11.6 Å². The van der Waals surface area contributed by atoms with Gasteiger partial charge in [0.25, 0.3) is 0 Å². The highest BCUT2D eigenvalue weighted by Crippen LogP contribution is 2.33. The molecule has 6 heteroatoms. The molecule has 0 spiro atoms. The highest BCUT2D eigenvalue weighted by molar-refractivity contribution is 6.30. The van der Waals surface area contributed by atoms with Crippen LogP contribution in [-0.2, 0) is 5.60 Å². The Labute approximate surface area is 121 Å². The molecule has 1 saturated heterocycles. The molecule has 20 heavy (non-hydrogen) atoms. The number of halogens is 1. The minimum atomic E-state index is -1.01. The van der Waals surface area contributed by atoms with E-state index in [0.29, 0.717) is 16.6 Å². The molecule has 1 fully saturated rings. The molecule has 0 bridgehead atoms. The topological polar surface area (TPSA) is 67.3 Å². The summed E-state index contributed by atoms with van der Waals surface area (Å²) in [7, 11) is 0. The number of nitrogens with one attached hydrogen (secondary N) is 1. The fraction of sp³-hybridized carbons (Fsp3) is 0.429. The first-order valence-electron chi connectivity index (χ1n) is 6.49. The number of ether oxygens (including phenoxy) is 1. The van der Waals surface area contributed by atoms with Crippen LogP contribution in [0.1, 0.15) is 19.4 Å². The van der Waals surface area contributed by atoms with E-state index >= 15 is 0 Å². The van der Waals surface area contributed by atoms with Gasteiger partial charge in [0, 0.05) is 31.0 Å². The van der Waals surface area contributed by atoms with E-state index in [9.17, 15) is 5.11 Å². The molecule has 106 valence electrons. The van der Waals surface area contributed by atoms with Gasteiger partial charge in [0.2, 0.25) is 5.88 Å². The van der Waals surface area contributed by atoms with Gasteiger partial charge in [-0.25, -0.2) is 9.97 Å². The molecule has 0 radical (unpaired) electrons. The van der Waals surface area contributed by atoms with Crippen molar-refractivity contribution in [2.45, 2.75) is 25.6 Å². The fourth-order valence-electron chi connectivity index (χ4n) is 2.17. The number of aromatic nitrogens is 2. The summed E-state index contributed by atoms with van der Waals surface area (Å²) in [5.41, 5.74) is -0.303. The van der Waals surface area contributed by atoms with E-state index in [1.54, 1.807) is 32.3 Å². The summed E-state index contributed by atoms with van der Waals surface area (Å²) in [6, 6.07) is 1.73. The summed E-state index contributed by atoms with van der Waals surface area (Å²) in [6.07, 6.45) is 3.41. The van der Waals surface area contributed by atoms with Crippen LogP contribution in [0.25, 0.3) is 10.8 Å². The Morgan fingerprint density at radius 3 is 2.65 bits per heavy atom. The van der Waals surface area contributed by atoms with Crippen LogP contribution in [0.15, 0.2) is 18.5 Å². The number of rotatable bonds is 3. The second-order valence-electron chi connectivity index (χ2n) is 5.49. The van der Waals surface area contributed by atoms with E-state index in [1.807, 2.05) is 0 Å². The smallest absolute Gasteiger partial charge is 0.223 e. The maximum absolute atomic E-state index is 10.3. The lowest BCUT2D eigenvalue weighted by atomic mass is 9.95. The Morgan fingerprint density at radius 1 is 1.30 bits per heavy atom. The highest BCUT2D eigenvalue weighted by atomic mass is 35.5. The lowest BCUT2D eigenvalue weighted by Gasteiger charge is -2.28. The van der Waals surface area contributed by atoms with Gasteiger partial charge in [-0.05, 0) is 25.3 Å². The van der Waals surface area contributed by atoms with Crippen LogP contribution in [0.2, 0.25) is 5.15 Å². The molecule has 2 N–H and O–H groups in total. The first-order valence-corrected chi connectivity index (χ1v) is 6.87. The van der Waals surface area contributed by atoms with E-state index in [0.717, 1.165) is 23.9 Å². The van der Waals surface area contributed by atoms with Crippen LogP contribution in [0.4, 0.5) is 0 Å². The van der Waals surface area contributed by atoms with Crippen LogP contribution >= 0.6 is 11.6 Å². The first-order chi connectivity index (χ1) is 9.45. The highest BCUT2D eigenvalue weighted by Gasteiger charge is 2.24. The number of fused-ring (bicyclic) bond motifs is 1. The minimum absolute atomic E-state index is 0.134. The maximum atomic E-state index is 10.3. The predicted molar refractivity (Wildman–Crippen MR) is 77.1 cm³/mol. The average molecular weight is 294 g/mol. The van der Waals surface area contributed by atoms with Crippen molar-refractivity contribution in [3.63, 3.8) is 0 Å². The monoisotopic (exact) mass is 293 g/mol. The van der Waals surface area contributed by atoms with Crippen molar-refractivity contribution in [2.24, 2.45) is 0 Å². The molecule has 3 rings (SSSR count). The SMILES string of the molecule is CC(C)(O)c1cnc(OC2CNC2)c2cnc(Cl)cc12. The molecule has 5 nitrogen and oxygen atoms in total. The molecule has 0 atom stereocenters. The first kappa shape index (κ1) is 13.5. The standard InChI is InChI=1S/C14H16ClN3O2/c1-14(2,19)11-7-18-13(20-8-4-16-5-8)10-6-17-12(15)3-9(10)11/h3,6-8,16,19H,4-5H2,1-2H3. The maximum Gasteiger partial charge on any atom is 0.223 e. The predicted octanol–water partition coefficient (Wildman–Crippen LogP) is 1.86. The van der Waals surface area contributed by atoms with Crippen molar-refractivity contribution in [1.29, 1.82) is 0 Å². The third-order valence-corrected chi connectivity index (χ3v) is 3.59. The second-order valence-corrected chi connectivity index (χ2v) is 5.87. The fourth-order valence-corrected chi connectivity index (χ4v) is 2.33. The molecule has 0 aromatic carbocycles. The van der Waals surface area contributed by atoms with Gasteiger partial charge in [0.1, 0.15) is 11.3 Å². The Kier molecular flexibility index (Phi) is 3.28. The normalized spacial score (nSPS) is 16.2. The molecule has 0 aliphatic carbocycles. The molecule has 2 aromatic heterocycles. The summed E-state index contributed by atoms with van der Waals surface area (Å²) >= 11 is 5.97. The third-order valence-electron chi connectivity index (χ3n) is 3.38. The van der Waals surface area contributed by atoms with Crippen LogP contribution < -0.4 is 10.1 Å². The summed E-state index contributed by atoms with van der Waals surface area (Å²) in [4.78, 5) is 8.42. The molecule has 1 aliphatic heterocycles. The summed E-state index contributed by atoms with van der Waals surface area (Å²) < 4.78 is 5.83. The van der Waals surface area contributed by atoms with Crippen LogP contribution in [0.3, 0.4) is 0 Å². The van der Waals surface area contributed by atoms with E-state index < -0.39 is 5.60 Å². The van der Waals surface area contributed by atoms with Crippen molar-refractivity contribution in [1.82, 2.24) is 15.3 Å². The molecular weight excluding hydrogens is 278 g/mol. The Balaban J connectivity index is 2.14. The lowest BCUT2D eigenvalue weighted by molar-refractivity contribution is 0.0795. The number of nitrogens with zero attached hydrogens (tertiary/aromatic N) is 2. The van der Waals surface area contributed by atoms with Gasteiger partial charge >= 0.3 is 0 Å². The van der Waals surface area contributed by atoms with Crippen molar-refractivity contribution < 1.29 is 9.84 Å². The zero-order valence-corrected chi connectivity index (χ0v) is 12.1. The van der Waals surface area contributed by atoms with Crippen LogP contribution in [0.5, 0.6) is 5.88 Å². The largest absolute Gasteiger partial charge is 0.471 e. The number of hydrogen-bond donors (Lipinski definition) is 2. The average Bonchev–Trinajstić information content (AvgIpc) is 2.31. The van der Waals surface area contributed by atoms with Crippen LogP contribution in [0, 0.1) is 0 Å². The Hall–Kier alpha value is -1.43. The van der Waals surface area contributed by atoms with Gasteiger partial charge in [-0.2, -0.15) is 0 Å². The van der Waals surface area contributed by atoms with E-state index in [-0.39, 0.29) is 6.10 Å². The molecule has 0 amide bonds. The number of hydrogen-bond acceptors (Lipinski definition) is 5. The van der Waals surface area contributed by atoms with Gasteiger partial charge in [0.05, 0.1) is 11.0 Å². The quantitative estimate of drug-likeness (QED) is 0.846. The molecule has 1 aliphatic rings. The van der Waals surface area contributed by atoms with Gasteiger partial charge in [0.15, 0.2) is 0 Å². The number of aliphatic hydroxyl groups is 1. The van der Waals surface area contributed by atoms with E-state index in [2.05, 4.69) is 15.3 Å². The summed E-state index contributed by atoms with van der Waals surface area (Å²) in [5, 5.41) is 15.4. The summed E-state index contributed by atoms with van der Waals surface area (Å²) in [6.45, 7) is 5.07. The Morgan fingerprint density at radius 2 is 2.05 bits per heavy atom. The zero-order valence-electron chi connectivity index (χ0n) is 11.4. The number of pyridine rings is 2. The second kappa shape index (κ2) is 4.84. The Bertz CT molecular complexity index is 651. The van der Waals surface area contributed by atoms with Gasteiger partial charge in [-0.15, -0.1) is 0 Å². The third kappa shape index (κ3) is 2.44. The van der Waals surface area contributed by atoms with Crippen molar-refractivity contribution >= 4 is 22.4 Å². The lowest BCUT2D eigenvalue weighted by Crippen LogP contribution is -2.50. The zero-order chi connectivity index (χ0) is 14.3. The van der Waals surface area contributed by atoms with E-state index in [1.165, 1.54) is 0 Å². The van der Waals surface area contributed by atoms with Crippen molar-refractivity contribution in [3.05, 3.63) is 29.2 Å². The van der Waals surface area contributed by atoms with Gasteiger partial charge in [-0.3, -0.25) is 0 Å². The summed E-state index contributed by atoms with van der Waals surface area (Å²) in [5.74, 6) is 0.531. The molecular formula is C14H16ClN3O2. The van der Waals surface area contributed by atoms with Crippen LogP contribution in [-0.4, -0.2) is 34.3 Å². The van der Waals surface area contributed by atoms with Gasteiger partial charge < -0.3 is 15.2 Å². The molecule has 0 unspecified atom stereocenters. The molecule has 3 heterocycles. The molecule has 2 aromatic rings.